The molecule has 0 aromatic carbocycles. The summed E-state index contributed by atoms with van der Waals surface area (Å²) in [7, 11) is 1.76. The molecule has 0 unspecified atom stereocenters. The topological polar surface area (TPSA) is 50.3 Å². The van der Waals surface area contributed by atoms with Gasteiger partial charge in [0.2, 0.25) is 5.95 Å². The van der Waals surface area contributed by atoms with Crippen LogP contribution in [0.4, 0.5) is 5.95 Å². The number of nitrogens with one attached hydrogen (secondary N) is 1. The van der Waals surface area contributed by atoms with Gasteiger partial charge in [-0.25, -0.2) is 9.97 Å². The van der Waals surface area contributed by atoms with Crippen LogP contribution in [0.25, 0.3) is 0 Å². The highest BCUT2D eigenvalue weighted by Crippen LogP contribution is 2.17. The van der Waals surface area contributed by atoms with Gasteiger partial charge in [-0.2, -0.15) is 0 Å². The average molecular weight is 278 g/mol. The molecule has 2 rings (SSSR count). The summed E-state index contributed by atoms with van der Waals surface area (Å²) in [4.78, 5) is 11.3. The largest absolute Gasteiger partial charge is 0.383 e. The maximum Gasteiger partial charge on any atom is 0.222 e. The summed E-state index contributed by atoms with van der Waals surface area (Å²) < 4.78 is 5.13. The molecule has 112 valence electrons. The first-order valence-electron chi connectivity index (χ1n) is 7.47. The smallest absolute Gasteiger partial charge is 0.222 e. The molecular weight excluding hydrogens is 252 g/mol. The van der Waals surface area contributed by atoms with Gasteiger partial charge in [-0.15, -0.1) is 0 Å². The minimum atomic E-state index is 0.439. The Morgan fingerprint density at radius 2 is 2.35 bits per heavy atom. The second kappa shape index (κ2) is 7.55. The van der Waals surface area contributed by atoms with Crippen molar-refractivity contribution in [1.29, 1.82) is 0 Å². The van der Waals surface area contributed by atoms with Crippen molar-refractivity contribution in [2.24, 2.45) is 5.92 Å². The van der Waals surface area contributed by atoms with E-state index in [1.807, 2.05) is 12.3 Å². The van der Waals surface area contributed by atoms with Crippen LogP contribution in [0.3, 0.4) is 0 Å². The molecule has 1 atom stereocenters. The maximum atomic E-state index is 5.13. The Morgan fingerprint density at radius 1 is 1.50 bits per heavy atom. The molecule has 1 aromatic rings. The van der Waals surface area contributed by atoms with E-state index < -0.39 is 0 Å². The Labute approximate surface area is 121 Å². The molecule has 20 heavy (non-hydrogen) atoms. The number of hydrogen-bond donors (Lipinski definition) is 1. The van der Waals surface area contributed by atoms with Gasteiger partial charge in [0.25, 0.3) is 0 Å². The van der Waals surface area contributed by atoms with Crippen LogP contribution in [0.5, 0.6) is 0 Å². The molecule has 1 N–H and O–H groups in total. The van der Waals surface area contributed by atoms with Gasteiger partial charge in [0.15, 0.2) is 0 Å². The lowest BCUT2D eigenvalue weighted by atomic mass is 10.1. The zero-order chi connectivity index (χ0) is 14.4. The van der Waals surface area contributed by atoms with Gasteiger partial charge in [0, 0.05) is 38.6 Å². The Bertz CT molecular complexity index is 411. The summed E-state index contributed by atoms with van der Waals surface area (Å²) in [6.07, 6.45) is 3.07. The van der Waals surface area contributed by atoms with Crippen molar-refractivity contribution in [2.75, 3.05) is 45.2 Å². The van der Waals surface area contributed by atoms with Crippen molar-refractivity contribution in [1.82, 2.24) is 14.9 Å². The number of rotatable bonds is 7. The predicted octanol–water partition coefficient (Wildman–Crippen LogP) is 1.98. The predicted molar refractivity (Wildman–Crippen MR) is 81.0 cm³/mol. The highest BCUT2D eigenvalue weighted by atomic mass is 16.5. The lowest BCUT2D eigenvalue weighted by Gasteiger charge is -2.15. The second-order valence-electron chi connectivity index (χ2n) is 5.79. The van der Waals surface area contributed by atoms with Crippen LogP contribution >= 0.6 is 0 Å². The van der Waals surface area contributed by atoms with Crippen molar-refractivity contribution in [3.63, 3.8) is 0 Å². The van der Waals surface area contributed by atoms with Gasteiger partial charge in [0.05, 0.1) is 6.61 Å². The zero-order valence-electron chi connectivity index (χ0n) is 12.8. The molecule has 1 saturated heterocycles. The van der Waals surface area contributed by atoms with E-state index in [0.717, 1.165) is 37.9 Å². The third-order valence-electron chi connectivity index (χ3n) is 3.80. The van der Waals surface area contributed by atoms with Gasteiger partial charge in [-0.05, 0) is 30.9 Å². The van der Waals surface area contributed by atoms with Crippen molar-refractivity contribution < 1.29 is 4.74 Å². The minimum Gasteiger partial charge on any atom is -0.383 e. The minimum absolute atomic E-state index is 0.439. The fourth-order valence-electron chi connectivity index (χ4n) is 2.52. The van der Waals surface area contributed by atoms with E-state index in [9.17, 15) is 0 Å². The molecule has 1 aromatic heterocycles. The Kier molecular flexibility index (Phi) is 5.73. The summed E-state index contributed by atoms with van der Waals surface area (Å²) in [6, 6.07) is 1.98. The van der Waals surface area contributed by atoms with E-state index in [1.54, 1.807) is 7.11 Å². The van der Waals surface area contributed by atoms with E-state index in [2.05, 4.69) is 34.0 Å². The summed E-state index contributed by atoms with van der Waals surface area (Å²) >= 11 is 0. The third kappa shape index (κ3) is 4.42. The maximum absolute atomic E-state index is 5.13. The lowest BCUT2D eigenvalue weighted by molar-refractivity contribution is 0.159. The molecule has 0 saturated carbocycles. The molecule has 0 radical (unpaired) electrons. The van der Waals surface area contributed by atoms with E-state index in [-0.39, 0.29) is 0 Å². The van der Waals surface area contributed by atoms with Crippen LogP contribution in [0.15, 0.2) is 12.3 Å². The monoisotopic (exact) mass is 278 g/mol. The summed E-state index contributed by atoms with van der Waals surface area (Å²) in [5.41, 5.74) is 1.09. The van der Waals surface area contributed by atoms with Crippen LogP contribution in [-0.4, -0.2) is 54.8 Å². The molecule has 1 aliphatic heterocycles. The van der Waals surface area contributed by atoms with Crippen LogP contribution in [0.1, 0.15) is 31.9 Å². The first-order valence-corrected chi connectivity index (χ1v) is 7.47. The Morgan fingerprint density at radius 3 is 3.10 bits per heavy atom. The van der Waals surface area contributed by atoms with E-state index in [4.69, 9.17) is 4.74 Å². The lowest BCUT2D eigenvalue weighted by Crippen LogP contribution is -2.26. The molecule has 1 aliphatic rings. The first kappa shape index (κ1) is 15.2. The third-order valence-corrected chi connectivity index (χ3v) is 3.80. The zero-order valence-corrected chi connectivity index (χ0v) is 12.8. The van der Waals surface area contributed by atoms with E-state index in [0.29, 0.717) is 11.8 Å². The summed E-state index contributed by atoms with van der Waals surface area (Å²) in [5.74, 6) is 1.87. The van der Waals surface area contributed by atoms with E-state index in [1.165, 1.54) is 13.0 Å². The fraction of sp³-hybridized carbons (Fsp3) is 0.733. The molecule has 0 amide bonds. The van der Waals surface area contributed by atoms with Crippen LogP contribution in [-0.2, 0) is 4.74 Å². The number of aromatic nitrogens is 2. The molecule has 1 fully saturated rings. The van der Waals surface area contributed by atoms with Crippen molar-refractivity contribution in [2.45, 2.75) is 26.2 Å². The quantitative estimate of drug-likeness (QED) is 0.826. The second-order valence-corrected chi connectivity index (χ2v) is 5.79. The van der Waals surface area contributed by atoms with Gasteiger partial charge < -0.3 is 15.0 Å². The van der Waals surface area contributed by atoms with Crippen molar-refractivity contribution in [3.05, 3.63) is 18.0 Å². The molecular formula is C15H26N4O. The SMILES string of the molecule is COCCN1CC[C@H](CNc2nccc(C(C)C)n2)C1. The average Bonchev–Trinajstić information content (AvgIpc) is 2.91. The summed E-state index contributed by atoms with van der Waals surface area (Å²) in [5, 5.41) is 3.38. The number of methoxy groups -OCH3 is 1. The Balaban J connectivity index is 1.77. The van der Waals surface area contributed by atoms with Gasteiger partial charge >= 0.3 is 0 Å². The molecule has 0 bridgehead atoms. The first-order chi connectivity index (χ1) is 9.69. The molecule has 2 heterocycles. The number of hydrogen-bond acceptors (Lipinski definition) is 5. The molecule has 0 aliphatic carbocycles. The highest BCUT2D eigenvalue weighted by molar-refractivity contribution is 5.26. The van der Waals surface area contributed by atoms with Crippen molar-refractivity contribution >= 4 is 5.95 Å². The summed E-state index contributed by atoms with van der Waals surface area (Å²) in [6.45, 7) is 9.41. The molecule has 5 nitrogen and oxygen atoms in total. The van der Waals surface area contributed by atoms with Gasteiger partial charge in [-0.1, -0.05) is 13.8 Å². The molecule has 5 heteroatoms. The van der Waals surface area contributed by atoms with Gasteiger partial charge in [0.1, 0.15) is 0 Å². The fourth-order valence-corrected chi connectivity index (χ4v) is 2.52. The van der Waals surface area contributed by atoms with Crippen LogP contribution in [0, 0.1) is 5.92 Å². The highest BCUT2D eigenvalue weighted by Gasteiger charge is 2.21. The van der Waals surface area contributed by atoms with Crippen molar-refractivity contribution in [3.8, 4) is 0 Å². The van der Waals surface area contributed by atoms with Crippen LogP contribution < -0.4 is 5.32 Å². The number of nitrogens with zero attached hydrogens (tertiary/aromatic N) is 3. The number of anilines is 1. The number of likely N-dealkylation sites (tertiary alicyclic amines) is 1. The number of ether oxygens (including phenoxy) is 1. The van der Waals surface area contributed by atoms with E-state index >= 15 is 0 Å². The van der Waals surface area contributed by atoms with Crippen LogP contribution in [0.2, 0.25) is 0 Å². The standard InChI is InChI=1S/C15H26N4O/c1-12(2)14-4-6-16-15(18-14)17-10-13-5-7-19(11-13)8-9-20-3/h4,6,12-13H,5,7-11H2,1-3H3,(H,16,17,18)/t13-/m1/s1. The Hall–Kier alpha value is -1.20. The van der Waals surface area contributed by atoms with Gasteiger partial charge in [-0.3, -0.25) is 0 Å². The molecule has 0 spiro atoms. The normalized spacial score (nSPS) is 19.7.